The zero-order chi connectivity index (χ0) is 12.0. The highest BCUT2D eigenvalue weighted by Crippen LogP contribution is 2.24. The SMILES string of the molecule is CSc1ccc(C(C)(C)CNCCS)cc1. The smallest absolute Gasteiger partial charge is 0.00693 e. The van der Waals surface area contributed by atoms with Crippen LogP contribution in [0, 0.1) is 0 Å². The normalized spacial score (nSPS) is 11.8. The fourth-order valence-corrected chi connectivity index (χ4v) is 2.19. The van der Waals surface area contributed by atoms with Crippen molar-refractivity contribution in [2.24, 2.45) is 0 Å². The van der Waals surface area contributed by atoms with Crippen LogP contribution in [0.4, 0.5) is 0 Å². The van der Waals surface area contributed by atoms with Crippen molar-refractivity contribution in [3.8, 4) is 0 Å². The van der Waals surface area contributed by atoms with Gasteiger partial charge >= 0.3 is 0 Å². The Balaban J connectivity index is 2.65. The van der Waals surface area contributed by atoms with Crippen molar-refractivity contribution in [1.29, 1.82) is 0 Å². The van der Waals surface area contributed by atoms with E-state index in [1.54, 1.807) is 11.8 Å². The van der Waals surface area contributed by atoms with Crippen LogP contribution in [0.2, 0.25) is 0 Å². The Morgan fingerprint density at radius 1 is 1.25 bits per heavy atom. The van der Waals surface area contributed by atoms with Gasteiger partial charge in [0.25, 0.3) is 0 Å². The number of benzene rings is 1. The third-order valence-electron chi connectivity index (χ3n) is 2.73. The molecule has 0 aliphatic rings. The molecule has 0 aliphatic heterocycles. The highest BCUT2D eigenvalue weighted by Gasteiger charge is 2.19. The minimum Gasteiger partial charge on any atom is -0.315 e. The van der Waals surface area contributed by atoms with Crippen molar-refractivity contribution < 1.29 is 0 Å². The standard InChI is InChI=1S/C13H21NS2/c1-13(2,10-14-8-9-15)11-4-6-12(16-3)7-5-11/h4-7,14-15H,8-10H2,1-3H3. The molecule has 0 radical (unpaired) electrons. The molecule has 0 aromatic heterocycles. The van der Waals surface area contributed by atoms with Gasteiger partial charge in [-0.25, -0.2) is 0 Å². The van der Waals surface area contributed by atoms with Crippen LogP contribution in [0.15, 0.2) is 29.2 Å². The zero-order valence-electron chi connectivity index (χ0n) is 10.3. The van der Waals surface area contributed by atoms with E-state index in [0.717, 1.165) is 18.8 Å². The van der Waals surface area contributed by atoms with Gasteiger partial charge in [-0.15, -0.1) is 11.8 Å². The van der Waals surface area contributed by atoms with Gasteiger partial charge in [0.15, 0.2) is 0 Å². The summed E-state index contributed by atoms with van der Waals surface area (Å²) < 4.78 is 0. The third-order valence-corrected chi connectivity index (χ3v) is 3.69. The summed E-state index contributed by atoms with van der Waals surface area (Å²) in [6, 6.07) is 8.85. The van der Waals surface area contributed by atoms with Crippen LogP contribution >= 0.6 is 24.4 Å². The predicted molar refractivity (Wildman–Crippen MR) is 78.0 cm³/mol. The number of thioether (sulfide) groups is 1. The second-order valence-corrected chi connectivity index (χ2v) is 5.84. The van der Waals surface area contributed by atoms with Crippen molar-refractivity contribution in [1.82, 2.24) is 5.32 Å². The van der Waals surface area contributed by atoms with Gasteiger partial charge < -0.3 is 5.32 Å². The summed E-state index contributed by atoms with van der Waals surface area (Å²) in [5, 5.41) is 3.42. The molecule has 1 aromatic rings. The molecule has 1 nitrogen and oxygen atoms in total. The zero-order valence-corrected chi connectivity index (χ0v) is 12.0. The molecule has 0 unspecified atom stereocenters. The number of hydrogen-bond acceptors (Lipinski definition) is 3. The Hall–Kier alpha value is -0.120. The minimum absolute atomic E-state index is 0.180. The molecule has 1 aromatic carbocycles. The molecule has 1 rings (SSSR count). The Labute approximate surface area is 109 Å². The van der Waals surface area contributed by atoms with Crippen molar-refractivity contribution in [2.45, 2.75) is 24.2 Å². The Morgan fingerprint density at radius 2 is 1.88 bits per heavy atom. The van der Waals surface area contributed by atoms with Crippen LogP contribution < -0.4 is 5.32 Å². The molecule has 0 spiro atoms. The maximum Gasteiger partial charge on any atom is 0.00693 e. The molecule has 0 bridgehead atoms. The summed E-state index contributed by atoms with van der Waals surface area (Å²) in [5.74, 6) is 0.890. The summed E-state index contributed by atoms with van der Waals surface area (Å²) >= 11 is 5.98. The van der Waals surface area contributed by atoms with Gasteiger partial charge in [0, 0.05) is 29.2 Å². The van der Waals surface area contributed by atoms with Crippen molar-refractivity contribution in [2.75, 3.05) is 25.1 Å². The molecular formula is C13H21NS2. The average molecular weight is 255 g/mol. The molecule has 3 heteroatoms. The topological polar surface area (TPSA) is 12.0 Å². The van der Waals surface area contributed by atoms with Crippen molar-refractivity contribution >= 4 is 24.4 Å². The Kier molecular flexibility index (Phi) is 5.73. The van der Waals surface area contributed by atoms with Gasteiger partial charge in [-0.1, -0.05) is 26.0 Å². The quantitative estimate of drug-likeness (QED) is 0.460. The van der Waals surface area contributed by atoms with Crippen molar-refractivity contribution in [3.05, 3.63) is 29.8 Å². The Bertz CT molecular complexity index is 306. The molecular weight excluding hydrogens is 234 g/mol. The molecule has 0 saturated carbocycles. The first kappa shape index (κ1) is 13.9. The monoisotopic (exact) mass is 255 g/mol. The van der Waals surface area contributed by atoms with E-state index in [9.17, 15) is 0 Å². The molecule has 0 amide bonds. The number of rotatable bonds is 6. The van der Waals surface area contributed by atoms with E-state index in [1.165, 1.54) is 10.5 Å². The summed E-state index contributed by atoms with van der Waals surface area (Å²) in [6.45, 7) is 6.50. The number of hydrogen-bond donors (Lipinski definition) is 2. The average Bonchev–Trinajstić information content (AvgIpc) is 2.29. The second-order valence-electron chi connectivity index (χ2n) is 4.51. The van der Waals surface area contributed by atoms with Gasteiger partial charge in [-0.05, 0) is 24.0 Å². The molecule has 0 aliphatic carbocycles. The van der Waals surface area contributed by atoms with E-state index in [-0.39, 0.29) is 5.41 Å². The van der Waals surface area contributed by atoms with Gasteiger partial charge in [0.2, 0.25) is 0 Å². The van der Waals surface area contributed by atoms with Crippen LogP contribution in [0.3, 0.4) is 0 Å². The lowest BCUT2D eigenvalue weighted by molar-refractivity contribution is 0.478. The number of nitrogens with one attached hydrogen (secondary N) is 1. The first-order valence-corrected chi connectivity index (χ1v) is 7.42. The summed E-state index contributed by atoms with van der Waals surface area (Å²) in [6.07, 6.45) is 2.11. The lowest BCUT2D eigenvalue weighted by Crippen LogP contribution is -2.33. The molecule has 1 N–H and O–H groups in total. The summed E-state index contributed by atoms with van der Waals surface area (Å²) in [7, 11) is 0. The van der Waals surface area contributed by atoms with E-state index in [4.69, 9.17) is 0 Å². The van der Waals surface area contributed by atoms with E-state index in [1.807, 2.05) is 0 Å². The van der Waals surface area contributed by atoms with E-state index in [2.05, 4.69) is 62.3 Å². The molecule has 0 atom stereocenters. The highest BCUT2D eigenvalue weighted by molar-refractivity contribution is 7.98. The summed E-state index contributed by atoms with van der Waals surface area (Å²) in [5.41, 5.74) is 1.57. The third kappa shape index (κ3) is 4.04. The van der Waals surface area contributed by atoms with Gasteiger partial charge in [-0.3, -0.25) is 0 Å². The fraction of sp³-hybridized carbons (Fsp3) is 0.538. The second kappa shape index (κ2) is 6.58. The number of thiol groups is 1. The lowest BCUT2D eigenvalue weighted by atomic mass is 9.84. The van der Waals surface area contributed by atoms with Crippen molar-refractivity contribution in [3.63, 3.8) is 0 Å². The molecule has 90 valence electrons. The largest absolute Gasteiger partial charge is 0.315 e. The molecule has 0 saturated heterocycles. The van der Waals surface area contributed by atoms with Crippen LogP contribution in [-0.4, -0.2) is 25.1 Å². The first-order chi connectivity index (χ1) is 7.60. The summed E-state index contributed by atoms with van der Waals surface area (Å²) in [4.78, 5) is 1.32. The highest BCUT2D eigenvalue weighted by atomic mass is 32.2. The molecule has 0 heterocycles. The molecule has 16 heavy (non-hydrogen) atoms. The van der Waals surface area contributed by atoms with E-state index in [0.29, 0.717) is 0 Å². The van der Waals surface area contributed by atoms with E-state index < -0.39 is 0 Å². The van der Waals surface area contributed by atoms with Crippen LogP contribution in [0.25, 0.3) is 0 Å². The first-order valence-electron chi connectivity index (χ1n) is 5.56. The Morgan fingerprint density at radius 3 is 2.38 bits per heavy atom. The maximum atomic E-state index is 4.20. The van der Waals surface area contributed by atoms with Gasteiger partial charge in [0.1, 0.15) is 0 Å². The van der Waals surface area contributed by atoms with Crippen LogP contribution in [0.1, 0.15) is 19.4 Å². The molecule has 0 fully saturated rings. The van der Waals surface area contributed by atoms with Gasteiger partial charge in [-0.2, -0.15) is 12.6 Å². The fourth-order valence-electron chi connectivity index (χ4n) is 1.62. The predicted octanol–water partition coefficient (Wildman–Crippen LogP) is 3.21. The van der Waals surface area contributed by atoms with Crippen LogP contribution in [-0.2, 0) is 5.41 Å². The lowest BCUT2D eigenvalue weighted by Gasteiger charge is -2.26. The maximum absolute atomic E-state index is 4.20. The van der Waals surface area contributed by atoms with Crippen LogP contribution in [0.5, 0.6) is 0 Å². The van der Waals surface area contributed by atoms with Gasteiger partial charge in [0.05, 0.1) is 0 Å². The minimum atomic E-state index is 0.180. The van der Waals surface area contributed by atoms with E-state index >= 15 is 0 Å².